The topological polar surface area (TPSA) is 86.7 Å². The van der Waals surface area contributed by atoms with E-state index in [0.717, 1.165) is 16.6 Å². The van der Waals surface area contributed by atoms with E-state index >= 15 is 0 Å². The van der Waals surface area contributed by atoms with Crippen LogP contribution in [0.2, 0.25) is 0 Å². The van der Waals surface area contributed by atoms with Crippen LogP contribution in [0.4, 0.5) is 5.69 Å². The summed E-state index contributed by atoms with van der Waals surface area (Å²) in [5, 5.41) is 13.6. The molecule has 1 aliphatic heterocycles. The number of carboxylic acid groups (broad SMARTS) is 1. The molecule has 1 aliphatic rings. The quantitative estimate of drug-likeness (QED) is 0.587. The highest BCUT2D eigenvalue weighted by Crippen LogP contribution is 2.33. The van der Waals surface area contributed by atoms with Gasteiger partial charge >= 0.3 is 5.97 Å². The number of carbonyl (C=O) groups is 3. The summed E-state index contributed by atoms with van der Waals surface area (Å²) in [6, 6.07) is 9.82. The van der Waals surface area contributed by atoms with Gasteiger partial charge in [0.1, 0.15) is 10.9 Å². The number of para-hydroxylation sites is 1. The Labute approximate surface area is 162 Å². The highest BCUT2D eigenvalue weighted by atomic mass is 32.2. The van der Waals surface area contributed by atoms with Crippen molar-refractivity contribution in [2.24, 2.45) is 0 Å². The number of rotatable bonds is 5. The minimum Gasteiger partial charge on any atom is -0.478 e. The first-order chi connectivity index (χ1) is 12.5. The van der Waals surface area contributed by atoms with Crippen molar-refractivity contribution in [3.8, 4) is 0 Å². The SMILES string of the molecule is O=C(CN1C(=O)C(=Cc2cccs2)SC1=S)Nc1ccccc1C(=O)O. The zero-order valence-electron chi connectivity index (χ0n) is 13.2. The smallest absolute Gasteiger partial charge is 0.337 e. The number of anilines is 1. The third kappa shape index (κ3) is 4.01. The van der Waals surface area contributed by atoms with E-state index in [9.17, 15) is 14.4 Å². The number of carboxylic acids is 1. The van der Waals surface area contributed by atoms with Crippen molar-refractivity contribution in [2.45, 2.75) is 0 Å². The van der Waals surface area contributed by atoms with Crippen LogP contribution in [-0.4, -0.2) is 38.7 Å². The largest absolute Gasteiger partial charge is 0.478 e. The highest BCUT2D eigenvalue weighted by molar-refractivity contribution is 8.26. The molecule has 132 valence electrons. The number of nitrogens with one attached hydrogen (secondary N) is 1. The van der Waals surface area contributed by atoms with Crippen molar-refractivity contribution in [3.05, 3.63) is 57.1 Å². The fourth-order valence-electron chi connectivity index (χ4n) is 2.25. The number of nitrogens with zero attached hydrogens (tertiary/aromatic N) is 1. The van der Waals surface area contributed by atoms with Crippen molar-refractivity contribution in [1.82, 2.24) is 4.90 Å². The fraction of sp³-hybridized carbons (Fsp3) is 0.0588. The van der Waals surface area contributed by atoms with E-state index in [4.69, 9.17) is 17.3 Å². The van der Waals surface area contributed by atoms with Gasteiger partial charge in [-0.25, -0.2) is 4.79 Å². The first-order valence-corrected chi connectivity index (χ1v) is 9.47. The van der Waals surface area contributed by atoms with Crippen LogP contribution in [0.5, 0.6) is 0 Å². The zero-order valence-corrected chi connectivity index (χ0v) is 15.6. The summed E-state index contributed by atoms with van der Waals surface area (Å²) in [6.45, 7) is -0.277. The number of benzene rings is 1. The standard InChI is InChI=1S/C17H12N2O4S3/c20-14(18-12-6-2-1-5-11(12)16(22)23)9-19-15(21)13(26-17(19)24)8-10-4-3-7-25-10/h1-8H,9H2,(H,18,20)(H,22,23). The second-order valence-electron chi connectivity index (χ2n) is 5.18. The van der Waals surface area contributed by atoms with E-state index in [0.29, 0.717) is 9.23 Å². The van der Waals surface area contributed by atoms with Gasteiger partial charge in [0, 0.05) is 4.88 Å². The molecule has 0 radical (unpaired) electrons. The third-order valence-corrected chi connectivity index (χ3v) is 5.62. The van der Waals surface area contributed by atoms with Gasteiger partial charge in [-0.05, 0) is 29.7 Å². The number of thiophene rings is 1. The molecule has 0 aliphatic carbocycles. The molecular formula is C17H12N2O4S3. The number of thioether (sulfide) groups is 1. The van der Waals surface area contributed by atoms with E-state index in [1.54, 1.807) is 18.2 Å². The van der Waals surface area contributed by atoms with E-state index in [1.807, 2.05) is 17.5 Å². The number of carbonyl (C=O) groups excluding carboxylic acids is 2. The lowest BCUT2D eigenvalue weighted by Gasteiger charge is -2.15. The van der Waals surface area contributed by atoms with Gasteiger partial charge in [0.05, 0.1) is 16.2 Å². The molecule has 0 saturated carbocycles. The van der Waals surface area contributed by atoms with Crippen LogP contribution in [0.25, 0.3) is 6.08 Å². The number of aromatic carboxylic acids is 1. The predicted molar refractivity (Wildman–Crippen MR) is 106 cm³/mol. The monoisotopic (exact) mass is 404 g/mol. The molecule has 9 heteroatoms. The van der Waals surface area contributed by atoms with E-state index in [1.165, 1.54) is 28.4 Å². The molecule has 1 aromatic carbocycles. The van der Waals surface area contributed by atoms with E-state index in [-0.39, 0.29) is 23.7 Å². The minimum absolute atomic E-state index is 0.0242. The van der Waals surface area contributed by atoms with Gasteiger partial charge in [-0.15, -0.1) is 11.3 Å². The summed E-state index contributed by atoms with van der Waals surface area (Å²) in [7, 11) is 0. The maximum atomic E-state index is 12.5. The van der Waals surface area contributed by atoms with Gasteiger partial charge < -0.3 is 10.4 Å². The molecule has 1 saturated heterocycles. The Bertz CT molecular complexity index is 922. The second kappa shape index (κ2) is 7.81. The Kier molecular flexibility index (Phi) is 5.50. The lowest BCUT2D eigenvalue weighted by Crippen LogP contribution is -2.36. The van der Waals surface area contributed by atoms with Crippen LogP contribution in [0.3, 0.4) is 0 Å². The van der Waals surface area contributed by atoms with Crippen molar-refractivity contribution in [1.29, 1.82) is 0 Å². The maximum Gasteiger partial charge on any atom is 0.337 e. The van der Waals surface area contributed by atoms with Crippen molar-refractivity contribution in [3.63, 3.8) is 0 Å². The average molecular weight is 404 g/mol. The van der Waals surface area contributed by atoms with Crippen molar-refractivity contribution >= 4 is 69.2 Å². The molecule has 0 spiro atoms. The molecule has 3 rings (SSSR count). The van der Waals surface area contributed by atoms with Crippen molar-refractivity contribution in [2.75, 3.05) is 11.9 Å². The summed E-state index contributed by atoms with van der Waals surface area (Å²) in [4.78, 5) is 38.5. The Balaban J connectivity index is 1.71. The molecular weight excluding hydrogens is 392 g/mol. The van der Waals surface area contributed by atoms with E-state index < -0.39 is 11.9 Å². The summed E-state index contributed by atoms with van der Waals surface area (Å²) >= 11 is 7.83. The van der Waals surface area contributed by atoms with Crippen LogP contribution in [0.1, 0.15) is 15.2 Å². The van der Waals surface area contributed by atoms with Crippen LogP contribution in [-0.2, 0) is 9.59 Å². The van der Waals surface area contributed by atoms with Gasteiger partial charge in [0.25, 0.3) is 5.91 Å². The van der Waals surface area contributed by atoms with Gasteiger partial charge in [0.15, 0.2) is 0 Å². The first kappa shape index (κ1) is 18.3. The minimum atomic E-state index is -1.15. The normalized spacial score (nSPS) is 15.5. The molecule has 6 nitrogen and oxygen atoms in total. The number of hydrogen-bond donors (Lipinski definition) is 2. The number of amides is 2. The number of hydrogen-bond acceptors (Lipinski definition) is 6. The Morgan fingerprint density at radius 1 is 1.23 bits per heavy atom. The van der Waals surface area contributed by atoms with Gasteiger partial charge in [0.2, 0.25) is 5.91 Å². The number of thiocarbonyl (C=S) groups is 1. The Hall–Kier alpha value is -2.49. The summed E-state index contributed by atoms with van der Waals surface area (Å²) in [6.07, 6.45) is 1.74. The van der Waals surface area contributed by atoms with Gasteiger partial charge in [-0.1, -0.05) is 42.2 Å². The fourth-order valence-corrected chi connectivity index (χ4v) is 4.23. The third-order valence-electron chi connectivity index (χ3n) is 3.42. The predicted octanol–water partition coefficient (Wildman–Crippen LogP) is 3.29. The van der Waals surface area contributed by atoms with E-state index in [2.05, 4.69) is 5.32 Å². The maximum absolute atomic E-state index is 12.5. The zero-order chi connectivity index (χ0) is 18.7. The van der Waals surface area contributed by atoms with Crippen LogP contribution < -0.4 is 5.32 Å². The Morgan fingerprint density at radius 2 is 2.00 bits per heavy atom. The highest BCUT2D eigenvalue weighted by Gasteiger charge is 2.33. The molecule has 2 N–H and O–H groups in total. The molecule has 0 bridgehead atoms. The lowest BCUT2D eigenvalue weighted by atomic mass is 10.2. The summed E-state index contributed by atoms with van der Waals surface area (Å²) in [5.41, 5.74) is 0.147. The molecule has 26 heavy (non-hydrogen) atoms. The molecule has 0 unspecified atom stereocenters. The molecule has 0 atom stereocenters. The molecule has 2 aromatic rings. The van der Waals surface area contributed by atoms with Crippen molar-refractivity contribution < 1.29 is 19.5 Å². The summed E-state index contributed by atoms with van der Waals surface area (Å²) in [5.74, 6) is -2.01. The summed E-state index contributed by atoms with van der Waals surface area (Å²) < 4.78 is 0.291. The van der Waals surface area contributed by atoms with Gasteiger partial charge in [-0.2, -0.15) is 0 Å². The van der Waals surface area contributed by atoms with Crippen LogP contribution in [0, 0.1) is 0 Å². The second-order valence-corrected chi connectivity index (χ2v) is 7.84. The van der Waals surface area contributed by atoms with Crippen LogP contribution >= 0.6 is 35.3 Å². The van der Waals surface area contributed by atoms with Crippen LogP contribution in [0.15, 0.2) is 46.7 Å². The molecule has 1 fully saturated rings. The first-order valence-electron chi connectivity index (χ1n) is 7.37. The van der Waals surface area contributed by atoms with Gasteiger partial charge in [-0.3, -0.25) is 14.5 Å². The Morgan fingerprint density at radius 3 is 2.69 bits per heavy atom. The average Bonchev–Trinajstić information content (AvgIpc) is 3.19. The molecule has 2 amide bonds. The molecule has 1 aromatic heterocycles. The molecule has 2 heterocycles. The lowest BCUT2D eigenvalue weighted by molar-refractivity contribution is -0.126.